The molecule has 0 spiro atoms. The number of benzene rings is 1. The van der Waals surface area contributed by atoms with Crippen LogP contribution in [0.15, 0.2) is 54.5 Å². The minimum atomic E-state index is 0.132. The number of phenols is 1. The number of hydrogen-bond acceptors (Lipinski definition) is 4. The Hall–Kier alpha value is -2.36. The summed E-state index contributed by atoms with van der Waals surface area (Å²) in [6.07, 6.45) is 8.14. The van der Waals surface area contributed by atoms with Gasteiger partial charge in [0.05, 0.1) is 5.69 Å². The Bertz CT molecular complexity index is 533. The Morgan fingerprint density at radius 3 is 3.00 bits per heavy atom. The molecule has 0 unspecified atom stereocenters. The van der Waals surface area contributed by atoms with Crippen molar-refractivity contribution in [3.8, 4) is 5.75 Å². The van der Waals surface area contributed by atoms with E-state index in [-0.39, 0.29) is 5.75 Å². The molecule has 0 saturated carbocycles. The van der Waals surface area contributed by atoms with Gasteiger partial charge in [0.15, 0.2) is 0 Å². The van der Waals surface area contributed by atoms with E-state index in [1.165, 1.54) is 6.07 Å². The van der Waals surface area contributed by atoms with Gasteiger partial charge in [-0.3, -0.25) is 0 Å². The highest BCUT2D eigenvalue weighted by Crippen LogP contribution is 2.26. The van der Waals surface area contributed by atoms with Crippen LogP contribution in [0.1, 0.15) is 12.8 Å². The van der Waals surface area contributed by atoms with Crippen molar-refractivity contribution in [2.45, 2.75) is 12.8 Å². The highest BCUT2D eigenvalue weighted by Gasteiger charge is 2.04. The van der Waals surface area contributed by atoms with Crippen LogP contribution in [0.4, 0.5) is 11.4 Å². The molecule has 1 aliphatic carbocycles. The second-order valence-electron chi connectivity index (χ2n) is 4.38. The van der Waals surface area contributed by atoms with E-state index in [0.717, 1.165) is 18.6 Å². The van der Waals surface area contributed by atoms with Crippen LogP contribution in [-0.4, -0.2) is 11.7 Å². The Kier molecular flexibility index (Phi) is 4.13. The number of hydrogen-bond donors (Lipinski definition) is 3. The summed E-state index contributed by atoms with van der Waals surface area (Å²) in [6, 6.07) is 4.83. The second kappa shape index (κ2) is 6.00. The fourth-order valence-corrected chi connectivity index (χ4v) is 1.75. The third-order valence-electron chi connectivity index (χ3n) is 2.71. The molecule has 2 rings (SSSR count). The summed E-state index contributed by atoms with van der Waals surface area (Å²) < 4.78 is 5.59. The second-order valence-corrected chi connectivity index (χ2v) is 4.38. The molecule has 0 bridgehead atoms. The maximum absolute atomic E-state index is 9.68. The summed E-state index contributed by atoms with van der Waals surface area (Å²) >= 11 is 0. The first-order chi connectivity index (χ1) is 9.15. The lowest BCUT2D eigenvalue weighted by atomic mass is 10.2. The summed E-state index contributed by atoms with van der Waals surface area (Å²) in [7, 11) is 0. The maximum Gasteiger partial charge on any atom is 0.139 e. The summed E-state index contributed by atoms with van der Waals surface area (Å²) in [5.74, 6) is 0.984. The third-order valence-corrected chi connectivity index (χ3v) is 2.71. The van der Waals surface area contributed by atoms with E-state index in [0.29, 0.717) is 23.7 Å². The maximum atomic E-state index is 9.68. The van der Waals surface area contributed by atoms with Crippen molar-refractivity contribution in [2.24, 2.45) is 0 Å². The lowest BCUT2D eigenvalue weighted by Crippen LogP contribution is -2.06. The van der Waals surface area contributed by atoms with Crippen LogP contribution in [0.25, 0.3) is 0 Å². The number of nitrogen functional groups attached to an aromatic ring is 1. The number of phenolic OH excluding ortho intramolecular Hbond substituents is 1. The van der Waals surface area contributed by atoms with E-state index in [2.05, 4.69) is 18.0 Å². The highest BCUT2D eigenvalue weighted by molar-refractivity contribution is 5.64. The average molecular weight is 258 g/mol. The van der Waals surface area contributed by atoms with Crippen LogP contribution < -0.4 is 11.1 Å². The van der Waals surface area contributed by atoms with Crippen molar-refractivity contribution in [2.75, 3.05) is 17.7 Å². The summed E-state index contributed by atoms with van der Waals surface area (Å²) in [6.45, 7) is 4.20. The molecular formula is C15H18N2O2. The van der Waals surface area contributed by atoms with Gasteiger partial charge in [0.25, 0.3) is 0 Å². The molecule has 100 valence electrons. The van der Waals surface area contributed by atoms with E-state index >= 15 is 0 Å². The Morgan fingerprint density at radius 1 is 1.42 bits per heavy atom. The van der Waals surface area contributed by atoms with Gasteiger partial charge in [0.1, 0.15) is 18.1 Å². The fourth-order valence-electron chi connectivity index (χ4n) is 1.75. The van der Waals surface area contributed by atoms with Gasteiger partial charge in [-0.25, -0.2) is 0 Å². The van der Waals surface area contributed by atoms with Crippen molar-refractivity contribution < 1.29 is 9.84 Å². The molecule has 0 fully saturated rings. The highest BCUT2D eigenvalue weighted by atomic mass is 16.5. The molecule has 1 aromatic rings. The van der Waals surface area contributed by atoms with E-state index in [9.17, 15) is 5.11 Å². The SMILES string of the molecule is C=C(COC1=CCCC=C1)Nc1cc(N)ccc1O. The van der Waals surface area contributed by atoms with Crippen LogP contribution >= 0.6 is 0 Å². The summed E-state index contributed by atoms with van der Waals surface area (Å²) in [5.41, 5.74) is 7.42. The zero-order chi connectivity index (χ0) is 13.7. The first-order valence-electron chi connectivity index (χ1n) is 6.18. The number of rotatable bonds is 5. The first kappa shape index (κ1) is 13.1. The van der Waals surface area contributed by atoms with E-state index in [4.69, 9.17) is 10.5 Å². The molecule has 0 aliphatic heterocycles. The Morgan fingerprint density at radius 2 is 2.26 bits per heavy atom. The van der Waals surface area contributed by atoms with Gasteiger partial charge in [-0.1, -0.05) is 12.7 Å². The average Bonchev–Trinajstić information content (AvgIpc) is 2.42. The number of nitrogens with one attached hydrogen (secondary N) is 1. The smallest absolute Gasteiger partial charge is 0.139 e. The van der Waals surface area contributed by atoms with Crippen molar-refractivity contribution in [1.29, 1.82) is 0 Å². The molecule has 0 saturated heterocycles. The van der Waals surface area contributed by atoms with Crippen LogP contribution in [0.5, 0.6) is 5.75 Å². The van der Waals surface area contributed by atoms with Crippen LogP contribution in [-0.2, 0) is 4.74 Å². The molecular weight excluding hydrogens is 240 g/mol. The lowest BCUT2D eigenvalue weighted by Gasteiger charge is -2.14. The van der Waals surface area contributed by atoms with Crippen molar-refractivity contribution in [3.63, 3.8) is 0 Å². The van der Waals surface area contributed by atoms with Crippen LogP contribution in [0, 0.1) is 0 Å². The summed E-state index contributed by atoms with van der Waals surface area (Å²) in [4.78, 5) is 0. The third kappa shape index (κ3) is 3.81. The monoisotopic (exact) mass is 258 g/mol. The molecule has 1 aromatic carbocycles. The molecule has 0 amide bonds. The van der Waals surface area contributed by atoms with Gasteiger partial charge in [-0.15, -0.1) is 0 Å². The molecule has 4 nitrogen and oxygen atoms in total. The van der Waals surface area contributed by atoms with Crippen molar-refractivity contribution >= 4 is 11.4 Å². The van der Waals surface area contributed by atoms with E-state index in [1.54, 1.807) is 12.1 Å². The van der Waals surface area contributed by atoms with Crippen LogP contribution in [0.2, 0.25) is 0 Å². The Labute approximate surface area is 112 Å². The molecule has 19 heavy (non-hydrogen) atoms. The topological polar surface area (TPSA) is 67.5 Å². The lowest BCUT2D eigenvalue weighted by molar-refractivity contribution is 0.251. The molecule has 0 heterocycles. The van der Waals surface area contributed by atoms with Gasteiger partial charge >= 0.3 is 0 Å². The molecule has 0 atom stereocenters. The quantitative estimate of drug-likeness (QED) is 0.431. The van der Waals surface area contributed by atoms with Crippen molar-refractivity contribution in [3.05, 3.63) is 54.5 Å². The summed E-state index contributed by atoms with van der Waals surface area (Å²) in [5, 5.41) is 12.7. The zero-order valence-electron chi connectivity index (χ0n) is 10.7. The fraction of sp³-hybridized carbons (Fsp3) is 0.200. The van der Waals surface area contributed by atoms with Gasteiger partial charge in [-0.05, 0) is 43.2 Å². The predicted octanol–water partition coefficient (Wildman–Crippen LogP) is 3.15. The molecule has 1 aliphatic rings. The normalized spacial score (nSPS) is 13.8. The van der Waals surface area contributed by atoms with Crippen molar-refractivity contribution in [1.82, 2.24) is 0 Å². The Balaban J connectivity index is 1.89. The molecule has 4 heteroatoms. The van der Waals surface area contributed by atoms with Gasteiger partial charge < -0.3 is 20.9 Å². The number of anilines is 2. The molecule has 4 N–H and O–H groups in total. The standard InChI is InChI=1S/C15H18N2O2/c1-11(10-19-13-5-3-2-4-6-13)17-14-9-12(16)7-8-15(14)18/h3,5-9,17-18H,1-2,4,10,16H2. The molecule has 0 aromatic heterocycles. The zero-order valence-corrected chi connectivity index (χ0v) is 10.7. The van der Waals surface area contributed by atoms with Gasteiger partial charge in [-0.2, -0.15) is 0 Å². The first-order valence-corrected chi connectivity index (χ1v) is 6.18. The molecule has 0 radical (unpaired) electrons. The largest absolute Gasteiger partial charge is 0.506 e. The van der Waals surface area contributed by atoms with E-state index in [1.807, 2.05) is 12.2 Å². The van der Waals surface area contributed by atoms with Gasteiger partial charge in [0, 0.05) is 11.4 Å². The minimum absolute atomic E-state index is 0.132. The number of allylic oxidation sites excluding steroid dienone is 3. The van der Waals surface area contributed by atoms with Crippen LogP contribution in [0.3, 0.4) is 0 Å². The number of aromatic hydroxyl groups is 1. The minimum Gasteiger partial charge on any atom is -0.506 e. The predicted molar refractivity (Wildman–Crippen MR) is 77.7 cm³/mol. The van der Waals surface area contributed by atoms with E-state index < -0.39 is 0 Å². The number of nitrogens with two attached hydrogens (primary N) is 1. The number of ether oxygens (including phenoxy) is 1. The van der Waals surface area contributed by atoms with Gasteiger partial charge in [0.2, 0.25) is 0 Å².